The van der Waals surface area contributed by atoms with Crippen LogP contribution < -0.4 is 15.4 Å². The van der Waals surface area contributed by atoms with E-state index in [0.29, 0.717) is 25.7 Å². The number of hydrogen-bond donors (Lipinski definition) is 2. The largest absolute Gasteiger partial charge is 0.493 e. The molecule has 0 aliphatic carbocycles. The normalized spacial score (nSPS) is 11.1. The molecule has 1 amide bonds. The molecule has 0 aliphatic heterocycles. The number of nitrogens with one attached hydrogen (secondary N) is 2. The number of guanidine groups is 1. The van der Waals surface area contributed by atoms with Crippen LogP contribution in [0.15, 0.2) is 59.6 Å². The Labute approximate surface area is 179 Å². The Balaban J connectivity index is 1.98. The van der Waals surface area contributed by atoms with Gasteiger partial charge in [-0.25, -0.2) is 4.99 Å². The Bertz CT molecular complexity index is 794. The van der Waals surface area contributed by atoms with Crippen LogP contribution >= 0.6 is 0 Å². The average molecular weight is 413 g/mol. The monoisotopic (exact) mass is 412 g/mol. The minimum absolute atomic E-state index is 0.0608. The van der Waals surface area contributed by atoms with Gasteiger partial charge in [0, 0.05) is 52.5 Å². The molecule has 0 heterocycles. The highest BCUT2D eigenvalue weighted by molar-refractivity contribution is 5.95. The maximum atomic E-state index is 12.0. The number of benzene rings is 2. The van der Waals surface area contributed by atoms with E-state index < -0.39 is 0 Å². The number of rotatable bonds is 11. The Hall–Kier alpha value is -3.06. The predicted molar refractivity (Wildman–Crippen MR) is 121 cm³/mol. The van der Waals surface area contributed by atoms with Gasteiger partial charge in [0.1, 0.15) is 12.3 Å². The van der Waals surface area contributed by atoms with Crippen molar-refractivity contribution in [2.75, 3.05) is 52.8 Å². The summed E-state index contributed by atoms with van der Waals surface area (Å²) in [6.45, 7) is 2.02. The van der Waals surface area contributed by atoms with Gasteiger partial charge >= 0.3 is 0 Å². The molecular formula is C23H32N4O3. The average Bonchev–Trinajstić information content (AvgIpc) is 2.75. The third-order valence-electron chi connectivity index (χ3n) is 4.28. The van der Waals surface area contributed by atoms with Crippen molar-refractivity contribution in [3.8, 4) is 5.75 Å². The zero-order valence-corrected chi connectivity index (χ0v) is 18.1. The zero-order valence-electron chi connectivity index (χ0n) is 18.1. The molecule has 0 unspecified atom stereocenters. The summed E-state index contributed by atoms with van der Waals surface area (Å²) in [4.78, 5) is 17.9. The topological polar surface area (TPSA) is 75.2 Å². The maximum Gasteiger partial charge on any atom is 0.243 e. The molecule has 7 heteroatoms. The summed E-state index contributed by atoms with van der Waals surface area (Å²) in [5.41, 5.74) is 2.07. The summed E-state index contributed by atoms with van der Waals surface area (Å²) in [6.07, 6.45) is 1.68. The fourth-order valence-corrected chi connectivity index (χ4v) is 2.59. The molecular weight excluding hydrogens is 380 g/mol. The van der Waals surface area contributed by atoms with Gasteiger partial charge in [0.15, 0.2) is 5.96 Å². The molecule has 0 bridgehead atoms. The molecule has 0 aliphatic rings. The summed E-state index contributed by atoms with van der Waals surface area (Å²) in [6, 6.07) is 17.9. The van der Waals surface area contributed by atoms with E-state index in [1.807, 2.05) is 42.5 Å². The lowest BCUT2D eigenvalue weighted by Gasteiger charge is -2.15. The SMILES string of the molecule is COCCCOc1cccc(NC(=NCC(=O)N(C)C)NCCc2ccccc2)c1. The molecule has 0 radical (unpaired) electrons. The fourth-order valence-electron chi connectivity index (χ4n) is 2.59. The number of ether oxygens (including phenoxy) is 2. The van der Waals surface area contributed by atoms with Crippen LogP contribution in [0.5, 0.6) is 5.75 Å². The minimum atomic E-state index is -0.0608. The van der Waals surface area contributed by atoms with Gasteiger partial charge in [-0.3, -0.25) is 4.79 Å². The second-order valence-electron chi connectivity index (χ2n) is 6.96. The first-order valence-corrected chi connectivity index (χ1v) is 10.1. The van der Waals surface area contributed by atoms with Crippen LogP contribution in [0.2, 0.25) is 0 Å². The van der Waals surface area contributed by atoms with Gasteiger partial charge in [-0.05, 0) is 24.1 Å². The summed E-state index contributed by atoms with van der Waals surface area (Å²) in [5.74, 6) is 1.26. The number of nitrogens with zero attached hydrogens (tertiary/aromatic N) is 2. The van der Waals surface area contributed by atoms with E-state index in [9.17, 15) is 4.79 Å². The van der Waals surface area contributed by atoms with Gasteiger partial charge in [0.25, 0.3) is 0 Å². The van der Waals surface area contributed by atoms with Gasteiger partial charge in [-0.1, -0.05) is 36.4 Å². The van der Waals surface area contributed by atoms with Crippen molar-refractivity contribution < 1.29 is 14.3 Å². The van der Waals surface area contributed by atoms with E-state index in [1.54, 1.807) is 21.2 Å². The van der Waals surface area contributed by atoms with Crippen molar-refractivity contribution in [1.29, 1.82) is 0 Å². The quantitative estimate of drug-likeness (QED) is 0.337. The standard InChI is InChI=1S/C23H32N4O3/c1-27(2)22(28)18-25-23(24-14-13-19-9-5-4-6-10-19)26-20-11-7-12-21(17-20)30-16-8-15-29-3/h4-7,9-12,17H,8,13-16,18H2,1-3H3,(H2,24,25,26). The van der Waals surface area contributed by atoms with Gasteiger partial charge in [-0.2, -0.15) is 0 Å². The molecule has 2 rings (SSSR count). The first-order chi connectivity index (χ1) is 14.6. The second-order valence-corrected chi connectivity index (χ2v) is 6.96. The van der Waals surface area contributed by atoms with Gasteiger partial charge in [-0.15, -0.1) is 0 Å². The van der Waals surface area contributed by atoms with E-state index in [2.05, 4.69) is 27.8 Å². The first-order valence-electron chi connectivity index (χ1n) is 10.1. The number of methoxy groups -OCH3 is 1. The van der Waals surface area contributed by atoms with Crippen LogP contribution in [0, 0.1) is 0 Å². The summed E-state index contributed by atoms with van der Waals surface area (Å²) >= 11 is 0. The number of anilines is 1. The number of amides is 1. The molecule has 0 saturated carbocycles. The van der Waals surface area contributed by atoms with E-state index >= 15 is 0 Å². The van der Waals surface area contributed by atoms with Crippen LogP contribution in [0.3, 0.4) is 0 Å². The van der Waals surface area contributed by atoms with Gasteiger partial charge < -0.3 is 25.0 Å². The van der Waals surface area contributed by atoms with E-state index in [1.165, 1.54) is 10.5 Å². The Kier molecular flexibility index (Phi) is 10.2. The van der Waals surface area contributed by atoms with Crippen LogP contribution in [0.4, 0.5) is 5.69 Å². The Morgan fingerprint density at radius 1 is 1.07 bits per heavy atom. The molecule has 30 heavy (non-hydrogen) atoms. The predicted octanol–water partition coefficient (Wildman–Crippen LogP) is 2.79. The van der Waals surface area contributed by atoms with Crippen LogP contribution in [0.25, 0.3) is 0 Å². The molecule has 2 aromatic carbocycles. The molecule has 2 N–H and O–H groups in total. The second kappa shape index (κ2) is 13.2. The number of likely N-dealkylation sites (N-methyl/N-ethyl adjacent to an activating group) is 1. The lowest BCUT2D eigenvalue weighted by Crippen LogP contribution is -2.34. The number of carbonyl (C=O) groups is 1. The highest BCUT2D eigenvalue weighted by Crippen LogP contribution is 2.17. The molecule has 2 aromatic rings. The van der Waals surface area contributed by atoms with Gasteiger partial charge in [0.05, 0.1) is 6.61 Å². The molecule has 0 atom stereocenters. The van der Waals surface area contributed by atoms with Crippen molar-refractivity contribution in [3.05, 3.63) is 60.2 Å². The fraction of sp³-hybridized carbons (Fsp3) is 0.391. The van der Waals surface area contributed by atoms with E-state index in [4.69, 9.17) is 9.47 Å². The van der Waals surface area contributed by atoms with Crippen LogP contribution in [-0.4, -0.2) is 64.3 Å². The lowest BCUT2D eigenvalue weighted by atomic mass is 10.1. The molecule has 0 fully saturated rings. The van der Waals surface area contributed by atoms with Crippen molar-refractivity contribution >= 4 is 17.6 Å². The summed E-state index contributed by atoms with van der Waals surface area (Å²) in [5, 5.41) is 6.57. The van der Waals surface area contributed by atoms with Crippen LogP contribution in [-0.2, 0) is 16.0 Å². The van der Waals surface area contributed by atoms with Crippen molar-refractivity contribution in [2.24, 2.45) is 4.99 Å². The molecule has 7 nitrogen and oxygen atoms in total. The molecule has 0 spiro atoms. The third kappa shape index (κ3) is 8.96. The van der Waals surface area contributed by atoms with E-state index in [0.717, 1.165) is 24.3 Å². The third-order valence-corrected chi connectivity index (χ3v) is 4.28. The molecule has 162 valence electrons. The van der Waals surface area contributed by atoms with Crippen molar-refractivity contribution in [1.82, 2.24) is 10.2 Å². The number of hydrogen-bond acceptors (Lipinski definition) is 4. The van der Waals surface area contributed by atoms with Gasteiger partial charge in [0.2, 0.25) is 5.91 Å². The Morgan fingerprint density at radius 2 is 1.87 bits per heavy atom. The smallest absolute Gasteiger partial charge is 0.243 e. The van der Waals surface area contributed by atoms with Crippen molar-refractivity contribution in [2.45, 2.75) is 12.8 Å². The summed E-state index contributed by atoms with van der Waals surface area (Å²) < 4.78 is 10.8. The highest BCUT2D eigenvalue weighted by atomic mass is 16.5. The first kappa shape index (κ1) is 23.2. The minimum Gasteiger partial charge on any atom is -0.493 e. The molecule has 0 saturated heterocycles. The zero-order chi connectivity index (χ0) is 21.6. The number of aliphatic imine (C=N–C) groups is 1. The highest BCUT2D eigenvalue weighted by Gasteiger charge is 2.06. The summed E-state index contributed by atoms with van der Waals surface area (Å²) in [7, 11) is 5.12. The maximum absolute atomic E-state index is 12.0. The van der Waals surface area contributed by atoms with E-state index in [-0.39, 0.29) is 12.5 Å². The number of carbonyl (C=O) groups excluding carboxylic acids is 1. The van der Waals surface area contributed by atoms with Crippen LogP contribution in [0.1, 0.15) is 12.0 Å². The van der Waals surface area contributed by atoms with Crippen molar-refractivity contribution in [3.63, 3.8) is 0 Å². The molecule has 0 aromatic heterocycles. The Morgan fingerprint density at radius 3 is 2.60 bits per heavy atom. The lowest BCUT2D eigenvalue weighted by molar-refractivity contribution is -0.127.